The largest absolute Gasteiger partial charge is 0.508 e. The number of carbonyl (C=O) groups excluding carboxylic acids is 1. The SMILES string of the molecule is Cc1cc(C(=O)NCC2(C(=O)O)CCC2)ccc1O. The molecule has 5 nitrogen and oxygen atoms in total. The number of aryl methyl sites for hydroxylation is 1. The zero-order valence-electron chi connectivity index (χ0n) is 10.8. The molecule has 1 aliphatic carbocycles. The minimum Gasteiger partial charge on any atom is -0.508 e. The molecule has 2 rings (SSSR count). The molecule has 0 unspecified atom stereocenters. The first kappa shape index (κ1) is 13.4. The third kappa shape index (κ3) is 2.54. The molecule has 0 aromatic heterocycles. The Hall–Kier alpha value is -2.04. The molecule has 1 aromatic carbocycles. The molecule has 1 fully saturated rings. The lowest BCUT2D eigenvalue weighted by Gasteiger charge is -2.37. The summed E-state index contributed by atoms with van der Waals surface area (Å²) in [6, 6.07) is 4.56. The molecule has 0 radical (unpaired) electrons. The molecule has 102 valence electrons. The van der Waals surface area contributed by atoms with E-state index in [-0.39, 0.29) is 18.2 Å². The van der Waals surface area contributed by atoms with Crippen molar-refractivity contribution >= 4 is 11.9 Å². The van der Waals surface area contributed by atoms with Gasteiger partial charge in [0.25, 0.3) is 5.91 Å². The Morgan fingerprint density at radius 1 is 1.37 bits per heavy atom. The number of phenols is 1. The smallest absolute Gasteiger partial charge is 0.311 e. The number of aliphatic carboxylic acids is 1. The second kappa shape index (κ2) is 4.91. The maximum absolute atomic E-state index is 11.9. The third-order valence-corrected chi connectivity index (χ3v) is 3.81. The van der Waals surface area contributed by atoms with Gasteiger partial charge in [-0.05, 0) is 43.5 Å². The maximum atomic E-state index is 11.9. The van der Waals surface area contributed by atoms with Crippen LogP contribution in [0.2, 0.25) is 0 Å². The van der Waals surface area contributed by atoms with Gasteiger partial charge in [-0.1, -0.05) is 6.42 Å². The second-order valence-electron chi connectivity index (χ2n) is 5.12. The quantitative estimate of drug-likeness (QED) is 0.771. The Bertz CT molecular complexity index is 520. The fourth-order valence-electron chi connectivity index (χ4n) is 2.22. The van der Waals surface area contributed by atoms with Gasteiger partial charge < -0.3 is 15.5 Å². The van der Waals surface area contributed by atoms with Crippen LogP contribution in [0.1, 0.15) is 35.2 Å². The van der Waals surface area contributed by atoms with E-state index in [1.54, 1.807) is 13.0 Å². The average molecular weight is 263 g/mol. The van der Waals surface area contributed by atoms with E-state index in [4.69, 9.17) is 5.11 Å². The van der Waals surface area contributed by atoms with Crippen molar-refractivity contribution in [3.63, 3.8) is 0 Å². The summed E-state index contributed by atoms with van der Waals surface area (Å²) in [5.74, 6) is -1.02. The van der Waals surface area contributed by atoms with Gasteiger partial charge in [-0.25, -0.2) is 0 Å². The van der Waals surface area contributed by atoms with E-state index >= 15 is 0 Å². The number of hydrogen-bond acceptors (Lipinski definition) is 3. The van der Waals surface area contributed by atoms with E-state index in [1.165, 1.54) is 12.1 Å². The summed E-state index contributed by atoms with van der Waals surface area (Å²) >= 11 is 0. The molecule has 5 heteroatoms. The highest BCUT2D eigenvalue weighted by atomic mass is 16.4. The molecule has 0 aliphatic heterocycles. The predicted octanol–water partition coefficient (Wildman–Crippen LogP) is 1.69. The Morgan fingerprint density at radius 2 is 2.05 bits per heavy atom. The van der Waals surface area contributed by atoms with Crippen molar-refractivity contribution in [3.8, 4) is 5.75 Å². The van der Waals surface area contributed by atoms with Crippen molar-refractivity contribution in [1.82, 2.24) is 5.32 Å². The molecular formula is C14H17NO4. The Balaban J connectivity index is 2.01. The van der Waals surface area contributed by atoms with Crippen molar-refractivity contribution in [2.75, 3.05) is 6.54 Å². The fourth-order valence-corrected chi connectivity index (χ4v) is 2.22. The number of nitrogens with one attached hydrogen (secondary N) is 1. The molecular weight excluding hydrogens is 246 g/mol. The summed E-state index contributed by atoms with van der Waals surface area (Å²) in [5.41, 5.74) is 0.251. The van der Waals surface area contributed by atoms with Crippen molar-refractivity contribution in [2.45, 2.75) is 26.2 Å². The molecule has 1 aliphatic rings. The van der Waals surface area contributed by atoms with Crippen molar-refractivity contribution in [3.05, 3.63) is 29.3 Å². The number of aromatic hydroxyl groups is 1. The summed E-state index contributed by atoms with van der Waals surface area (Å²) in [5, 5.41) is 21.2. The van der Waals surface area contributed by atoms with Gasteiger partial charge in [0.15, 0.2) is 0 Å². The van der Waals surface area contributed by atoms with E-state index in [1.807, 2.05) is 0 Å². The maximum Gasteiger partial charge on any atom is 0.311 e. The van der Waals surface area contributed by atoms with Crippen LogP contribution in [-0.2, 0) is 4.79 Å². The number of carboxylic acid groups (broad SMARTS) is 1. The fraction of sp³-hybridized carbons (Fsp3) is 0.429. The van der Waals surface area contributed by atoms with Crippen molar-refractivity contribution < 1.29 is 19.8 Å². The Labute approximate surface area is 111 Å². The van der Waals surface area contributed by atoms with Gasteiger partial charge in [-0.3, -0.25) is 9.59 Å². The Morgan fingerprint density at radius 3 is 2.53 bits per heavy atom. The third-order valence-electron chi connectivity index (χ3n) is 3.81. The number of amides is 1. The lowest BCUT2D eigenvalue weighted by molar-refractivity contribution is -0.153. The Kier molecular flexibility index (Phi) is 3.46. The monoisotopic (exact) mass is 263 g/mol. The van der Waals surface area contributed by atoms with E-state index in [9.17, 15) is 14.7 Å². The van der Waals surface area contributed by atoms with E-state index in [2.05, 4.69) is 5.32 Å². The van der Waals surface area contributed by atoms with Crippen LogP contribution in [0.5, 0.6) is 5.75 Å². The minimum absolute atomic E-state index is 0.137. The van der Waals surface area contributed by atoms with E-state index in [0.717, 1.165) is 6.42 Å². The van der Waals surface area contributed by atoms with Crippen LogP contribution in [0, 0.1) is 12.3 Å². The van der Waals surface area contributed by atoms with E-state index in [0.29, 0.717) is 24.0 Å². The van der Waals surface area contributed by atoms with Crippen LogP contribution in [0.25, 0.3) is 0 Å². The van der Waals surface area contributed by atoms with Gasteiger partial charge in [0.05, 0.1) is 5.41 Å². The van der Waals surface area contributed by atoms with Gasteiger partial charge in [-0.2, -0.15) is 0 Å². The van der Waals surface area contributed by atoms with Crippen LogP contribution in [0.3, 0.4) is 0 Å². The van der Waals surface area contributed by atoms with Crippen LogP contribution in [-0.4, -0.2) is 28.6 Å². The van der Waals surface area contributed by atoms with E-state index < -0.39 is 11.4 Å². The number of carboxylic acids is 1. The number of benzene rings is 1. The molecule has 1 aromatic rings. The second-order valence-corrected chi connectivity index (χ2v) is 5.12. The highest BCUT2D eigenvalue weighted by molar-refractivity contribution is 5.95. The van der Waals surface area contributed by atoms with Gasteiger partial charge >= 0.3 is 5.97 Å². The van der Waals surface area contributed by atoms with Crippen molar-refractivity contribution in [2.24, 2.45) is 5.41 Å². The number of phenolic OH excluding ortho intramolecular Hbond substituents is 1. The molecule has 0 saturated heterocycles. The molecule has 19 heavy (non-hydrogen) atoms. The van der Waals surface area contributed by atoms with Crippen LogP contribution in [0.15, 0.2) is 18.2 Å². The summed E-state index contributed by atoms with van der Waals surface area (Å²) in [6.07, 6.45) is 2.11. The molecule has 0 spiro atoms. The summed E-state index contributed by atoms with van der Waals surface area (Å²) < 4.78 is 0. The lowest BCUT2D eigenvalue weighted by Crippen LogP contribution is -2.47. The topological polar surface area (TPSA) is 86.6 Å². The highest BCUT2D eigenvalue weighted by Crippen LogP contribution is 2.40. The number of hydrogen-bond donors (Lipinski definition) is 3. The first-order valence-corrected chi connectivity index (χ1v) is 6.26. The molecule has 1 saturated carbocycles. The summed E-state index contributed by atoms with van der Waals surface area (Å²) in [7, 11) is 0. The van der Waals surface area contributed by atoms with Crippen LogP contribution in [0.4, 0.5) is 0 Å². The van der Waals surface area contributed by atoms with Gasteiger partial charge in [0, 0.05) is 12.1 Å². The molecule has 3 N–H and O–H groups in total. The first-order valence-electron chi connectivity index (χ1n) is 6.26. The molecule has 1 amide bonds. The zero-order valence-corrected chi connectivity index (χ0v) is 10.8. The lowest BCUT2D eigenvalue weighted by atomic mass is 9.69. The molecule has 0 bridgehead atoms. The molecule has 0 atom stereocenters. The van der Waals surface area contributed by atoms with Gasteiger partial charge in [-0.15, -0.1) is 0 Å². The number of carbonyl (C=O) groups is 2. The highest BCUT2D eigenvalue weighted by Gasteiger charge is 2.44. The predicted molar refractivity (Wildman–Crippen MR) is 69.1 cm³/mol. The zero-order chi connectivity index (χ0) is 14.0. The number of rotatable bonds is 4. The van der Waals surface area contributed by atoms with Crippen molar-refractivity contribution in [1.29, 1.82) is 0 Å². The van der Waals surface area contributed by atoms with Gasteiger partial charge in [0.1, 0.15) is 5.75 Å². The summed E-state index contributed by atoms with van der Waals surface area (Å²) in [4.78, 5) is 23.1. The summed E-state index contributed by atoms with van der Waals surface area (Å²) in [6.45, 7) is 1.86. The normalized spacial score (nSPS) is 16.5. The standard InChI is InChI=1S/C14H17NO4/c1-9-7-10(3-4-11(9)16)12(17)15-8-14(13(18)19)5-2-6-14/h3-4,7,16H,2,5-6,8H2,1H3,(H,15,17)(H,18,19). The molecule has 0 heterocycles. The minimum atomic E-state index is -0.846. The van der Waals surface area contributed by atoms with Crippen LogP contribution >= 0.6 is 0 Å². The first-order chi connectivity index (χ1) is 8.94. The average Bonchev–Trinajstić information content (AvgIpc) is 2.30. The van der Waals surface area contributed by atoms with Crippen LogP contribution < -0.4 is 5.32 Å². The van der Waals surface area contributed by atoms with Gasteiger partial charge in [0.2, 0.25) is 0 Å².